The first-order valence-electron chi connectivity index (χ1n) is 7.25. The fourth-order valence-corrected chi connectivity index (χ4v) is 2.93. The monoisotopic (exact) mass is 247 g/mol. The maximum absolute atomic E-state index is 10.4. The van der Waals surface area contributed by atoms with Gasteiger partial charge in [-0.15, -0.1) is 0 Å². The molecule has 0 bridgehead atoms. The highest BCUT2D eigenvalue weighted by Crippen LogP contribution is 2.31. The zero-order valence-electron chi connectivity index (χ0n) is 11.6. The van der Waals surface area contributed by atoms with Gasteiger partial charge in [0.2, 0.25) is 0 Å². The van der Waals surface area contributed by atoms with E-state index in [2.05, 4.69) is 37.4 Å². The molecule has 0 unspecified atom stereocenters. The van der Waals surface area contributed by atoms with Crippen LogP contribution in [0.2, 0.25) is 0 Å². The molecular formula is C16H25NO. The molecule has 1 aromatic rings. The minimum absolute atomic E-state index is 0.480. The van der Waals surface area contributed by atoms with Crippen molar-refractivity contribution >= 4 is 5.69 Å². The average molecular weight is 247 g/mol. The van der Waals surface area contributed by atoms with Crippen molar-refractivity contribution in [3.05, 3.63) is 29.3 Å². The van der Waals surface area contributed by atoms with Gasteiger partial charge in [0.05, 0.1) is 5.60 Å². The number of aliphatic hydroxyl groups is 1. The molecule has 100 valence electrons. The van der Waals surface area contributed by atoms with Crippen LogP contribution in [0.3, 0.4) is 0 Å². The molecule has 2 nitrogen and oxygen atoms in total. The SMILES string of the molecule is CCc1cccc(CC)c1NCC1(O)CCCC1. The zero-order valence-corrected chi connectivity index (χ0v) is 11.6. The molecule has 0 atom stereocenters. The number of rotatable bonds is 5. The predicted molar refractivity (Wildman–Crippen MR) is 77.1 cm³/mol. The standard InChI is InChI=1S/C16H25NO/c1-3-13-8-7-9-14(4-2)15(13)17-12-16(18)10-5-6-11-16/h7-9,17-18H,3-6,10-12H2,1-2H3. The summed E-state index contributed by atoms with van der Waals surface area (Å²) >= 11 is 0. The summed E-state index contributed by atoms with van der Waals surface area (Å²) in [6.07, 6.45) is 6.27. The quantitative estimate of drug-likeness (QED) is 0.834. The minimum atomic E-state index is -0.480. The van der Waals surface area contributed by atoms with Crippen molar-refractivity contribution in [2.45, 2.75) is 58.0 Å². The first-order chi connectivity index (χ1) is 8.68. The molecule has 1 aliphatic carbocycles. The van der Waals surface area contributed by atoms with Crippen LogP contribution in [0.25, 0.3) is 0 Å². The summed E-state index contributed by atoms with van der Waals surface area (Å²) in [6.45, 7) is 5.06. The minimum Gasteiger partial charge on any atom is -0.388 e. The maximum Gasteiger partial charge on any atom is 0.0819 e. The van der Waals surface area contributed by atoms with E-state index in [1.54, 1.807) is 0 Å². The third kappa shape index (κ3) is 2.86. The Morgan fingerprint density at radius 2 is 1.67 bits per heavy atom. The molecule has 2 rings (SSSR count). The number of benzene rings is 1. The number of hydrogen-bond acceptors (Lipinski definition) is 2. The fourth-order valence-electron chi connectivity index (χ4n) is 2.93. The molecule has 0 spiro atoms. The Morgan fingerprint density at radius 1 is 1.11 bits per heavy atom. The topological polar surface area (TPSA) is 32.3 Å². The van der Waals surface area contributed by atoms with Gasteiger partial charge in [0.1, 0.15) is 0 Å². The number of hydrogen-bond donors (Lipinski definition) is 2. The lowest BCUT2D eigenvalue weighted by molar-refractivity contribution is 0.0614. The molecule has 0 amide bonds. The van der Waals surface area contributed by atoms with Gasteiger partial charge in [0, 0.05) is 12.2 Å². The normalized spacial score (nSPS) is 17.9. The van der Waals surface area contributed by atoms with Gasteiger partial charge in [-0.05, 0) is 36.8 Å². The molecule has 2 N–H and O–H groups in total. The van der Waals surface area contributed by atoms with E-state index in [0.717, 1.165) is 38.5 Å². The van der Waals surface area contributed by atoms with Crippen LogP contribution in [0.15, 0.2) is 18.2 Å². The first kappa shape index (κ1) is 13.4. The lowest BCUT2D eigenvalue weighted by Gasteiger charge is -2.25. The van der Waals surface area contributed by atoms with Crippen LogP contribution in [0, 0.1) is 0 Å². The Bertz CT molecular complexity index is 372. The van der Waals surface area contributed by atoms with Gasteiger partial charge in [-0.2, -0.15) is 0 Å². The Labute approximate surface area is 110 Å². The zero-order chi connectivity index (χ0) is 13.0. The Hall–Kier alpha value is -1.02. The van der Waals surface area contributed by atoms with Crippen molar-refractivity contribution < 1.29 is 5.11 Å². The maximum atomic E-state index is 10.4. The molecule has 18 heavy (non-hydrogen) atoms. The van der Waals surface area contributed by atoms with Crippen LogP contribution in [0.5, 0.6) is 0 Å². The Morgan fingerprint density at radius 3 is 2.17 bits per heavy atom. The lowest BCUT2D eigenvalue weighted by Crippen LogP contribution is -2.33. The third-order valence-electron chi connectivity index (χ3n) is 4.13. The van der Waals surface area contributed by atoms with Gasteiger partial charge in [-0.3, -0.25) is 0 Å². The summed E-state index contributed by atoms with van der Waals surface area (Å²) < 4.78 is 0. The van der Waals surface area contributed by atoms with E-state index in [0.29, 0.717) is 6.54 Å². The summed E-state index contributed by atoms with van der Waals surface area (Å²) in [7, 11) is 0. The average Bonchev–Trinajstić information content (AvgIpc) is 2.83. The molecule has 2 heteroatoms. The first-order valence-corrected chi connectivity index (χ1v) is 7.25. The van der Waals surface area contributed by atoms with Crippen LogP contribution in [0.4, 0.5) is 5.69 Å². The second kappa shape index (κ2) is 5.75. The summed E-state index contributed by atoms with van der Waals surface area (Å²) in [6, 6.07) is 6.49. The highest BCUT2D eigenvalue weighted by atomic mass is 16.3. The van der Waals surface area contributed by atoms with E-state index in [4.69, 9.17) is 0 Å². The lowest BCUT2D eigenvalue weighted by atomic mass is 9.99. The van der Waals surface area contributed by atoms with Crippen LogP contribution < -0.4 is 5.32 Å². The van der Waals surface area contributed by atoms with Gasteiger partial charge in [-0.1, -0.05) is 44.9 Å². The van der Waals surface area contributed by atoms with Gasteiger partial charge in [0.15, 0.2) is 0 Å². The second-order valence-electron chi connectivity index (χ2n) is 5.44. The molecule has 1 saturated carbocycles. The van der Waals surface area contributed by atoms with Crippen LogP contribution in [0.1, 0.15) is 50.7 Å². The van der Waals surface area contributed by atoms with E-state index in [1.165, 1.54) is 16.8 Å². The summed E-state index contributed by atoms with van der Waals surface area (Å²) in [5, 5.41) is 13.9. The fraction of sp³-hybridized carbons (Fsp3) is 0.625. The highest BCUT2D eigenvalue weighted by Gasteiger charge is 2.30. The van der Waals surface area contributed by atoms with Crippen LogP contribution in [-0.4, -0.2) is 17.3 Å². The Balaban J connectivity index is 2.12. The molecule has 1 fully saturated rings. The predicted octanol–water partition coefficient (Wildman–Crippen LogP) is 3.53. The molecule has 0 aliphatic heterocycles. The molecule has 1 aliphatic rings. The second-order valence-corrected chi connectivity index (χ2v) is 5.44. The number of nitrogens with one attached hydrogen (secondary N) is 1. The van der Waals surface area contributed by atoms with Gasteiger partial charge in [0.25, 0.3) is 0 Å². The third-order valence-corrected chi connectivity index (χ3v) is 4.13. The van der Waals surface area contributed by atoms with Crippen LogP contribution in [-0.2, 0) is 12.8 Å². The summed E-state index contributed by atoms with van der Waals surface area (Å²) in [5.41, 5.74) is 3.49. The molecule has 0 aromatic heterocycles. The number of aryl methyl sites for hydroxylation is 2. The van der Waals surface area contributed by atoms with Crippen LogP contribution >= 0.6 is 0 Å². The summed E-state index contributed by atoms with van der Waals surface area (Å²) in [4.78, 5) is 0. The van der Waals surface area contributed by atoms with E-state index >= 15 is 0 Å². The van der Waals surface area contributed by atoms with E-state index in [1.807, 2.05) is 0 Å². The van der Waals surface area contributed by atoms with Crippen molar-refractivity contribution in [3.63, 3.8) is 0 Å². The largest absolute Gasteiger partial charge is 0.388 e. The number of anilines is 1. The molecular weight excluding hydrogens is 222 g/mol. The van der Waals surface area contributed by atoms with Gasteiger partial charge >= 0.3 is 0 Å². The van der Waals surface area contributed by atoms with Gasteiger partial charge < -0.3 is 10.4 Å². The van der Waals surface area contributed by atoms with Crippen molar-refractivity contribution in [2.75, 3.05) is 11.9 Å². The van der Waals surface area contributed by atoms with E-state index in [-0.39, 0.29) is 0 Å². The van der Waals surface area contributed by atoms with E-state index < -0.39 is 5.60 Å². The number of para-hydroxylation sites is 1. The molecule has 0 radical (unpaired) electrons. The van der Waals surface area contributed by atoms with Crippen molar-refractivity contribution in [2.24, 2.45) is 0 Å². The van der Waals surface area contributed by atoms with Crippen molar-refractivity contribution in [3.8, 4) is 0 Å². The van der Waals surface area contributed by atoms with Crippen molar-refractivity contribution in [1.82, 2.24) is 0 Å². The van der Waals surface area contributed by atoms with Gasteiger partial charge in [-0.25, -0.2) is 0 Å². The smallest absolute Gasteiger partial charge is 0.0819 e. The summed E-state index contributed by atoms with van der Waals surface area (Å²) in [5.74, 6) is 0. The molecule has 1 aromatic carbocycles. The van der Waals surface area contributed by atoms with E-state index in [9.17, 15) is 5.11 Å². The Kier molecular flexibility index (Phi) is 4.28. The molecule has 0 saturated heterocycles. The highest BCUT2D eigenvalue weighted by molar-refractivity contribution is 5.58. The van der Waals surface area contributed by atoms with Crippen molar-refractivity contribution in [1.29, 1.82) is 0 Å². The molecule has 0 heterocycles.